The van der Waals surface area contributed by atoms with E-state index in [1.165, 1.54) is 10.5 Å². The standard InChI is InChI=1S/C25H30ClN3O3/c1-3-18-16-21(26)23(32-2)22(17-18)28-14-12-27(13-15-28)10-6-7-11-29-24(30)19-8-4-5-9-20(19)25(29)31/h4-5,8-9,16-17H,3,6-7,10-15H2,1-2H3. The number of unbranched alkanes of at least 4 members (excludes halogenated alkanes) is 1. The lowest BCUT2D eigenvalue weighted by atomic mass is 10.1. The van der Waals surface area contributed by atoms with Gasteiger partial charge in [0.25, 0.3) is 11.8 Å². The Hall–Kier alpha value is -2.57. The highest BCUT2D eigenvalue weighted by molar-refractivity contribution is 6.32. The Bertz CT molecular complexity index is 967. The molecule has 0 bridgehead atoms. The first-order chi connectivity index (χ1) is 15.5. The molecular formula is C25H30ClN3O3. The number of ether oxygens (including phenoxy) is 1. The fourth-order valence-electron chi connectivity index (χ4n) is 4.53. The van der Waals surface area contributed by atoms with Crippen LogP contribution in [0, 0.1) is 0 Å². The topological polar surface area (TPSA) is 53.1 Å². The van der Waals surface area contributed by atoms with E-state index in [0.717, 1.165) is 63.4 Å². The number of carbonyl (C=O) groups is 2. The lowest BCUT2D eigenvalue weighted by Gasteiger charge is -2.37. The van der Waals surface area contributed by atoms with E-state index in [1.807, 2.05) is 6.07 Å². The molecular weight excluding hydrogens is 426 g/mol. The zero-order chi connectivity index (χ0) is 22.7. The Morgan fingerprint density at radius 1 is 0.938 bits per heavy atom. The van der Waals surface area contributed by atoms with Gasteiger partial charge in [-0.2, -0.15) is 0 Å². The van der Waals surface area contributed by atoms with Gasteiger partial charge in [0.2, 0.25) is 0 Å². The largest absolute Gasteiger partial charge is 0.493 e. The summed E-state index contributed by atoms with van der Waals surface area (Å²) in [5.74, 6) is 0.417. The average molecular weight is 456 g/mol. The number of aryl methyl sites for hydroxylation is 1. The van der Waals surface area contributed by atoms with Gasteiger partial charge in [-0.25, -0.2) is 0 Å². The summed E-state index contributed by atoms with van der Waals surface area (Å²) in [7, 11) is 1.67. The molecule has 2 aliphatic heterocycles. The van der Waals surface area contributed by atoms with E-state index >= 15 is 0 Å². The first-order valence-corrected chi connectivity index (χ1v) is 11.7. The quantitative estimate of drug-likeness (QED) is 0.443. The van der Waals surface area contributed by atoms with E-state index < -0.39 is 0 Å². The zero-order valence-corrected chi connectivity index (χ0v) is 19.5. The molecule has 32 heavy (non-hydrogen) atoms. The summed E-state index contributed by atoms with van der Waals surface area (Å²) in [4.78, 5) is 31.1. The van der Waals surface area contributed by atoms with Gasteiger partial charge in [-0.3, -0.25) is 19.4 Å². The minimum atomic E-state index is -0.166. The number of imide groups is 1. The number of anilines is 1. The van der Waals surface area contributed by atoms with Crippen LogP contribution >= 0.6 is 11.6 Å². The van der Waals surface area contributed by atoms with E-state index in [1.54, 1.807) is 31.4 Å². The molecule has 2 aromatic rings. The number of fused-ring (bicyclic) bond motifs is 1. The van der Waals surface area contributed by atoms with Crippen LogP contribution in [0.3, 0.4) is 0 Å². The molecule has 4 rings (SSSR count). The summed E-state index contributed by atoms with van der Waals surface area (Å²) in [6.07, 6.45) is 2.70. The van der Waals surface area contributed by atoms with Crippen molar-refractivity contribution in [1.29, 1.82) is 0 Å². The van der Waals surface area contributed by atoms with E-state index in [9.17, 15) is 9.59 Å². The molecule has 0 aromatic heterocycles. The fraction of sp³-hybridized carbons (Fsp3) is 0.440. The number of amides is 2. The van der Waals surface area contributed by atoms with Crippen LogP contribution in [-0.4, -0.2) is 68.0 Å². The van der Waals surface area contributed by atoms with Crippen molar-refractivity contribution in [2.75, 3.05) is 51.3 Å². The molecule has 7 heteroatoms. The molecule has 2 heterocycles. The molecule has 2 aliphatic rings. The van der Waals surface area contributed by atoms with Gasteiger partial charge in [-0.1, -0.05) is 30.7 Å². The SMILES string of the molecule is CCc1cc(Cl)c(OC)c(N2CCN(CCCCN3C(=O)c4ccccc4C3=O)CC2)c1. The lowest BCUT2D eigenvalue weighted by Crippen LogP contribution is -2.46. The van der Waals surface area contributed by atoms with Crippen LogP contribution in [0.1, 0.15) is 46.0 Å². The van der Waals surface area contributed by atoms with E-state index in [0.29, 0.717) is 22.7 Å². The maximum atomic E-state index is 12.5. The highest BCUT2D eigenvalue weighted by Crippen LogP contribution is 2.37. The Labute approximate surface area is 194 Å². The van der Waals surface area contributed by atoms with Gasteiger partial charge in [-0.15, -0.1) is 0 Å². The second kappa shape index (κ2) is 9.92. The molecule has 2 amide bonds. The Balaban J connectivity index is 1.25. The van der Waals surface area contributed by atoms with Gasteiger partial charge in [0.05, 0.1) is 28.9 Å². The number of methoxy groups -OCH3 is 1. The summed E-state index contributed by atoms with van der Waals surface area (Å²) < 4.78 is 5.58. The van der Waals surface area contributed by atoms with Crippen molar-refractivity contribution in [3.05, 3.63) is 58.1 Å². The molecule has 1 fully saturated rings. The number of halogens is 1. The molecule has 0 unspecified atom stereocenters. The maximum Gasteiger partial charge on any atom is 0.261 e. The number of hydrogen-bond donors (Lipinski definition) is 0. The summed E-state index contributed by atoms with van der Waals surface area (Å²) in [5.41, 5.74) is 3.33. The molecule has 0 N–H and O–H groups in total. The normalized spacial score (nSPS) is 16.6. The van der Waals surface area contributed by atoms with Gasteiger partial charge in [0, 0.05) is 32.7 Å². The molecule has 170 valence electrons. The Kier molecular flexibility index (Phi) is 7.01. The molecule has 0 aliphatic carbocycles. The monoisotopic (exact) mass is 455 g/mol. The number of piperazine rings is 1. The number of carbonyl (C=O) groups excluding carboxylic acids is 2. The van der Waals surface area contributed by atoms with Crippen molar-refractivity contribution in [1.82, 2.24) is 9.80 Å². The Morgan fingerprint density at radius 2 is 1.56 bits per heavy atom. The van der Waals surface area contributed by atoms with E-state index in [4.69, 9.17) is 16.3 Å². The molecule has 0 radical (unpaired) electrons. The third kappa shape index (κ3) is 4.48. The Morgan fingerprint density at radius 3 is 2.16 bits per heavy atom. The van der Waals surface area contributed by atoms with Gasteiger partial charge in [-0.05, 0) is 55.6 Å². The van der Waals surface area contributed by atoms with Gasteiger partial charge in [0.15, 0.2) is 5.75 Å². The zero-order valence-electron chi connectivity index (χ0n) is 18.8. The van der Waals surface area contributed by atoms with Crippen molar-refractivity contribution < 1.29 is 14.3 Å². The van der Waals surface area contributed by atoms with Crippen molar-refractivity contribution in [3.63, 3.8) is 0 Å². The molecule has 6 nitrogen and oxygen atoms in total. The number of hydrogen-bond acceptors (Lipinski definition) is 5. The van der Waals surface area contributed by atoms with Crippen LogP contribution in [0.25, 0.3) is 0 Å². The summed E-state index contributed by atoms with van der Waals surface area (Å²) in [6.45, 7) is 7.32. The van der Waals surface area contributed by atoms with Crippen molar-refractivity contribution >= 4 is 29.1 Å². The summed E-state index contributed by atoms with van der Waals surface area (Å²) in [5, 5.41) is 0.664. The van der Waals surface area contributed by atoms with Crippen molar-refractivity contribution in [3.8, 4) is 5.75 Å². The molecule has 2 aromatic carbocycles. The fourth-order valence-corrected chi connectivity index (χ4v) is 4.85. The molecule has 0 spiro atoms. The second-order valence-electron chi connectivity index (χ2n) is 8.33. The average Bonchev–Trinajstić information content (AvgIpc) is 3.06. The van der Waals surface area contributed by atoms with Crippen LogP contribution in [0.4, 0.5) is 5.69 Å². The third-order valence-corrected chi connectivity index (χ3v) is 6.67. The van der Waals surface area contributed by atoms with Crippen LogP contribution in [0.15, 0.2) is 36.4 Å². The summed E-state index contributed by atoms with van der Waals surface area (Å²) >= 11 is 6.44. The first kappa shape index (κ1) is 22.6. The van der Waals surface area contributed by atoms with Crippen LogP contribution in [0.2, 0.25) is 5.02 Å². The second-order valence-corrected chi connectivity index (χ2v) is 8.73. The van der Waals surface area contributed by atoms with Gasteiger partial charge < -0.3 is 9.64 Å². The third-order valence-electron chi connectivity index (χ3n) is 6.39. The minimum Gasteiger partial charge on any atom is -0.493 e. The van der Waals surface area contributed by atoms with Crippen molar-refractivity contribution in [2.24, 2.45) is 0 Å². The van der Waals surface area contributed by atoms with E-state index in [2.05, 4.69) is 22.8 Å². The highest BCUT2D eigenvalue weighted by atomic mass is 35.5. The van der Waals surface area contributed by atoms with Crippen LogP contribution < -0.4 is 9.64 Å². The van der Waals surface area contributed by atoms with Crippen LogP contribution in [0.5, 0.6) is 5.75 Å². The predicted molar refractivity (Wildman–Crippen MR) is 127 cm³/mol. The lowest BCUT2D eigenvalue weighted by molar-refractivity contribution is 0.0650. The van der Waals surface area contributed by atoms with E-state index in [-0.39, 0.29) is 11.8 Å². The maximum absolute atomic E-state index is 12.5. The summed E-state index contributed by atoms with van der Waals surface area (Å²) in [6, 6.07) is 11.2. The minimum absolute atomic E-state index is 0.166. The first-order valence-electron chi connectivity index (χ1n) is 11.3. The number of rotatable bonds is 8. The number of benzene rings is 2. The highest BCUT2D eigenvalue weighted by Gasteiger charge is 2.34. The molecule has 1 saturated heterocycles. The van der Waals surface area contributed by atoms with Crippen molar-refractivity contribution in [2.45, 2.75) is 26.2 Å². The van der Waals surface area contributed by atoms with Crippen LogP contribution in [-0.2, 0) is 6.42 Å². The molecule has 0 atom stereocenters. The number of nitrogens with zero attached hydrogens (tertiary/aromatic N) is 3. The predicted octanol–water partition coefficient (Wildman–Crippen LogP) is 4.11. The molecule has 0 saturated carbocycles. The van der Waals surface area contributed by atoms with Gasteiger partial charge >= 0.3 is 0 Å². The smallest absolute Gasteiger partial charge is 0.261 e. The van der Waals surface area contributed by atoms with Gasteiger partial charge in [0.1, 0.15) is 0 Å².